The Kier molecular flexibility index (Phi) is 8.40. The number of hydrogen-bond donors (Lipinski definition) is 1. The van der Waals surface area contributed by atoms with Crippen molar-refractivity contribution >= 4 is 29.1 Å². The Labute approximate surface area is 205 Å². The number of ether oxygens (including phenoxy) is 1. The molecule has 35 heavy (non-hydrogen) atoms. The molecule has 1 heterocycles. The summed E-state index contributed by atoms with van der Waals surface area (Å²) in [4.78, 5) is 50.9. The van der Waals surface area contributed by atoms with Crippen molar-refractivity contribution in [3.05, 3.63) is 52.1 Å². The third-order valence-electron chi connectivity index (χ3n) is 5.95. The number of terminal acetylenes is 1. The number of aryl methyl sites for hydroxylation is 1. The summed E-state index contributed by atoms with van der Waals surface area (Å²) in [7, 11) is 1.62. The molecule has 1 N–H and O–H groups in total. The number of carbonyl (C=O) groups is 4. The Bertz CT molecular complexity index is 1240. The number of carbonyl (C=O) groups excluding carboxylic acids is 4. The Morgan fingerprint density at radius 3 is 2.37 bits per heavy atom. The molecule has 1 aromatic carbocycles. The molecule has 0 spiro atoms. The van der Waals surface area contributed by atoms with Gasteiger partial charge in [0.2, 0.25) is 11.6 Å². The van der Waals surface area contributed by atoms with E-state index >= 15 is 0 Å². The summed E-state index contributed by atoms with van der Waals surface area (Å²) in [6, 6.07) is 4.19. The number of Topliss-reactive ketones (excluding diaryl/α,β-unsaturated/α-hetero) is 2. The molecule has 0 unspecified atom stereocenters. The number of aromatic nitrogens is 1. The van der Waals surface area contributed by atoms with E-state index in [-0.39, 0.29) is 30.2 Å². The fraction of sp³-hybridized carbons (Fsp3) is 0.407. The van der Waals surface area contributed by atoms with Crippen LogP contribution in [-0.2, 0) is 21.4 Å². The molecular formula is C27H31FN2O5. The maximum Gasteiger partial charge on any atom is 0.308 e. The fourth-order valence-electron chi connectivity index (χ4n) is 3.66. The predicted octanol–water partition coefficient (Wildman–Crippen LogP) is 4.32. The minimum Gasteiger partial charge on any atom is -0.464 e. The largest absolute Gasteiger partial charge is 0.464 e. The highest BCUT2D eigenvalue weighted by Crippen LogP contribution is 2.27. The van der Waals surface area contributed by atoms with E-state index in [1.54, 1.807) is 48.6 Å². The van der Waals surface area contributed by atoms with Gasteiger partial charge < -0.3 is 14.6 Å². The Morgan fingerprint density at radius 2 is 1.83 bits per heavy atom. The van der Waals surface area contributed by atoms with Crippen molar-refractivity contribution in [1.82, 2.24) is 4.57 Å². The summed E-state index contributed by atoms with van der Waals surface area (Å²) in [6.45, 7) is 9.53. The molecule has 2 rings (SSSR count). The van der Waals surface area contributed by atoms with E-state index in [2.05, 4.69) is 11.2 Å². The van der Waals surface area contributed by atoms with Gasteiger partial charge in [-0.2, -0.15) is 0 Å². The molecule has 2 aromatic rings. The molecule has 0 saturated carbocycles. The van der Waals surface area contributed by atoms with E-state index in [0.717, 1.165) is 0 Å². The summed E-state index contributed by atoms with van der Waals surface area (Å²) < 4.78 is 20.3. The van der Waals surface area contributed by atoms with Crippen LogP contribution < -0.4 is 5.32 Å². The Morgan fingerprint density at radius 1 is 1.20 bits per heavy atom. The Hall–Kier alpha value is -3.73. The van der Waals surface area contributed by atoms with Gasteiger partial charge in [0.1, 0.15) is 18.1 Å². The van der Waals surface area contributed by atoms with Crippen LogP contribution in [0.4, 0.5) is 10.1 Å². The third-order valence-corrected chi connectivity index (χ3v) is 5.95. The number of amides is 1. The normalized spacial score (nSPS) is 12.6. The highest BCUT2D eigenvalue weighted by molar-refractivity contribution is 6.44. The van der Waals surface area contributed by atoms with Crippen LogP contribution in [0.3, 0.4) is 0 Å². The molecule has 8 heteroatoms. The molecule has 0 aliphatic rings. The molecule has 7 nitrogen and oxygen atoms in total. The standard InChI is InChI=1S/C27H31FN2O5/c1-9-27(7,14-35-26(34)15(2)3)13-21(31)24(32)22-17(5)23(30(8)18(22)6)25(33)29-19-10-11-20(28)16(4)12-19/h1,10-12,15H,13-14H2,2-8H3,(H,29,33)/t27-/m1/s1. The minimum absolute atomic E-state index is 0.122. The highest BCUT2D eigenvalue weighted by Gasteiger charge is 2.34. The van der Waals surface area contributed by atoms with Gasteiger partial charge in [-0.25, -0.2) is 4.39 Å². The van der Waals surface area contributed by atoms with Crippen LogP contribution >= 0.6 is 0 Å². The topological polar surface area (TPSA) is 94.5 Å². The fourth-order valence-corrected chi connectivity index (χ4v) is 3.66. The predicted molar refractivity (Wildman–Crippen MR) is 131 cm³/mol. The Balaban J connectivity index is 2.28. The average Bonchev–Trinajstić information content (AvgIpc) is 3.01. The van der Waals surface area contributed by atoms with Gasteiger partial charge in [0.05, 0.1) is 16.9 Å². The lowest BCUT2D eigenvalue weighted by atomic mass is 9.84. The molecule has 1 atom stereocenters. The maximum absolute atomic E-state index is 13.6. The number of benzene rings is 1. The van der Waals surface area contributed by atoms with Crippen molar-refractivity contribution < 1.29 is 28.3 Å². The molecule has 1 aromatic heterocycles. The number of nitrogens with one attached hydrogen (secondary N) is 1. The molecule has 0 fully saturated rings. The van der Waals surface area contributed by atoms with Gasteiger partial charge in [0, 0.05) is 24.8 Å². The SMILES string of the molecule is C#C[C@@](C)(COC(=O)C(C)C)CC(=O)C(=O)c1c(C)c(C(=O)Nc2ccc(F)c(C)c2)n(C)c1C. The van der Waals surface area contributed by atoms with Gasteiger partial charge in [-0.1, -0.05) is 19.8 Å². The van der Waals surface area contributed by atoms with Crippen LogP contribution in [0.1, 0.15) is 64.9 Å². The monoisotopic (exact) mass is 482 g/mol. The number of esters is 1. The zero-order valence-corrected chi connectivity index (χ0v) is 21.2. The van der Waals surface area contributed by atoms with Crippen LogP contribution in [0, 0.1) is 50.3 Å². The molecule has 186 valence electrons. The average molecular weight is 483 g/mol. The molecule has 0 aliphatic heterocycles. The molecule has 1 amide bonds. The maximum atomic E-state index is 13.6. The first-order chi connectivity index (χ1) is 16.2. The first kappa shape index (κ1) is 27.5. The van der Waals surface area contributed by atoms with E-state index in [9.17, 15) is 23.6 Å². The zero-order chi connectivity index (χ0) is 26.7. The molecule has 0 radical (unpaired) electrons. The van der Waals surface area contributed by atoms with Crippen LogP contribution in [0.2, 0.25) is 0 Å². The van der Waals surface area contributed by atoms with E-state index in [4.69, 9.17) is 11.2 Å². The van der Waals surface area contributed by atoms with E-state index in [1.165, 1.54) is 22.8 Å². The van der Waals surface area contributed by atoms with Crippen LogP contribution in [0.15, 0.2) is 18.2 Å². The first-order valence-electron chi connectivity index (χ1n) is 11.2. The third kappa shape index (κ3) is 6.04. The van der Waals surface area contributed by atoms with Gasteiger partial charge >= 0.3 is 5.97 Å². The quantitative estimate of drug-likeness (QED) is 0.249. The molecule has 0 bridgehead atoms. The summed E-state index contributed by atoms with van der Waals surface area (Å²) >= 11 is 0. The number of nitrogens with zero attached hydrogens (tertiary/aromatic N) is 1. The van der Waals surface area contributed by atoms with Crippen molar-refractivity contribution in [2.24, 2.45) is 18.4 Å². The molecule has 0 aliphatic carbocycles. The zero-order valence-electron chi connectivity index (χ0n) is 21.2. The second kappa shape index (κ2) is 10.7. The molecule has 0 saturated heterocycles. The van der Waals surface area contributed by atoms with Gasteiger partial charge in [-0.15, -0.1) is 6.42 Å². The van der Waals surface area contributed by atoms with Gasteiger partial charge in [0.15, 0.2) is 0 Å². The first-order valence-corrected chi connectivity index (χ1v) is 11.2. The van der Waals surface area contributed by atoms with Crippen molar-refractivity contribution in [2.75, 3.05) is 11.9 Å². The number of hydrogen-bond acceptors (Lipinski definition) is 5. The van der Waals surface area contributed by atoms with Crippen molar-refractivity contribution in [2.45, 2.75) is 48.0 Å². The summed E-state index contributed by atoms with van der Waals surface area (Å²) in [5, 5.41) is 2.70. The summed E-state index contributed by atoms with van der Waals surface area (Å²) in [5.41, 5.74) is 0.719. The highest BCUT2D eigenvalue weighted by atomic mass is 19.1. The van der Waals surface area contributed by atoms with Crippen molar-refractivity contribution in [1.29, 1.82) is 0 Å². The van der Waals surface area contributed by atoms with Crippen molar-refractivity contribution in [3.8, 4) is 12.3 Å². The lowest BCUT2D eigenvalue weighted by Crippen LogP contribution is -2.30. The summed E-state index contributed by atoms with van der Waals surface area (Å²) in [5.74, 6) is -0.754. The lowest BCUT2D eigenvalue weighted by Gasteiger charge is -2.22. The van der Waals surface area contributed by atoms with Crippen LogP contribution in [-0.4, -0.2) is 34.6 Å². The second-order valence-corrected chi connectivity index (χ2v) is 9.31. The number of anilines is 1. The van der Waals surface area contributed by atoms with Crippen molar-refractivity contribution in [3.63, 3.8) is 0 Å². The number of halogens is 1. The lowest BCUT2D eigenvalue weighted by molar-refractivity contribution is -0.150. The minimum atomic E-state index is -1.16. The number of ketones is 2. The van der Waals surface area contributed by atoms with E-state index in [0.29, 0.717) is 22.5 Å². The number of rotatable bonds is 9. The van der Waals surface area contributed by atoms with E-state index < -0.39 is 34.7 Å². The molecular weight excluding hydrogens is 451 g/mol. The van der Waals surface area contributed by atoms with Gasteiger partial charge in [-0.3, -0.25) is 19.2 Å². The van der Waals surface area contributed by atoms with Crippen LogP contribution in [0.25, 0.3) is 0 Å². The van der Waals surface area contributed by atoms with Gasteiger partial charge in [0.25, 0.3) is 5.91 Å². The second-order valence-electron chi connectivity index (χ2n) is 9.31. The van der Waals surface area contributed by atoms with Gasteiger partial charge in [-0.05, 0) is 57.0 Å². The smallest absolute Gasteiger partial charge is 0.308 e. The van der Waals surface area contributed by atoms with Crippen LogP contribution in [0.5, 0.6) is 0 Å². The van der Waals surface area contributed by atoms with E-state index in [1.807, 2.05) is 0 Å². The summed E-state index contributed by atoms with van der Waals surface area (Å²) in [6.07, 6.45) is 5.27.